The molecule has 0 bridgehead atoms. The lowest BCUT2D eigenvalue weighted by atomic mass is 10.1. The van der Waals surface area contributed by atoms with E-state index in [2.05, 4.69) is 4.98 Å². The van der Waals surface area contributed by atoms with E-state index in [0.717, 1.165) is 18.7 Å². The minimum Gasteiger partial charge on any atom is -0.389 e. The molecule has 6 nitrogen and oxygen atoms in total. The van der Waals surface area contributed by atoms with E-state index >= 15 is 0 Å². The fraction of sp³-hybridized carbons (Fsp3) is 0.357. The van der Waals surface area contributed by atoms with Crippen molar-refractivity contribution in [3.63, 3.8) is 0 Å². The van der Waals surface area contributed by atoms with Gasteiger partial charge in [-0.25, -0.2) is 4.98 Å². The summed E-state index contributed by atoms with van der Waals surface area (Å²) in [6, 6.07) is 4.76. The molecule has 0 fully saturated rings. The van der Waals surface area contributed by atoms with Crippen LogP contribution in [0, 0.1) is 10.1 Å². The Morgan fingerprint density at radius 1 is 1.50 bits per heavy atom. The molecule has 106 valence electrons. The van der Waals surface area contributed by atoms with E-state index in [1.54, 1.807) is 36.0 Å². The van der Waals surface area contributed by atoms with Crippen molar-refractivity contribution in [2.75, 3.05) is 0 Å². The lowest BCUT2D eigenvalue weighted by Gasteiger charge is -2.10. The van der Waals surface area contributed by atoms with Crippen molar-refractivity contribution >= 4 is 5.69 Å². The molecule has 6 heteroatoms. The van der Waals surface area contributed by atoms with Crippen molar-refractivity contribution in [1.82, 2.24) is 9.55 Å². The molecular formula is C14H17N3O3. The highest BCUT2D eigenvalue weighted by molar-refractivity contribution is 5.55. The van der Waals surface area contributed by atoms with Crippen LogP contribution in [0.1, 0.15) is 37.8 Å². The molecule has 2 aromatic rings. The highest BCUT2D eigenvalue weighted by Gasteiger charge is 2.19. The molecule has 1 aromatic carbocycles. The Morgan fingerprint density at radius 2 is 2.25 bits per heavy atom. The van der Waals surface area contributed by atoms with Gasteiger partial charge in [0.15, 0.2) is 0 Å². The van der Waals surface area contributed by atoms with Gasteiger partial charge < -0.3 is 5.11 Å². The summed E-state index contributed by atoms with van der Waals surface area (Å²) >= 11 is 0. The molecule has 1 atom stereocenters. The Kier molecular flexibility index (Phi) is 4.14. The smallest absolute Gasteiger partial charge is 0.293 e. The van der Waals surface area contributed by atoms with Crippen molar-refractivity contribution in [2.45, 2.75) is 32.8 Å². The van der Waals surface area contributed by atoms with Crippen molar-refractivity contribution in [2.24, 2.45) is 0 Å². The van der Waals surface area contributed by atoms with E-state index < -0.39 is 11.0 Å². The highest BCUT2D eigenvalue weighted by Crippen LogP contribution is 2.28. The Hall–Kier alpha value is -2.21. The van der Waals surface area contributed by atoms with Crippen LogP contribution in [0.3, 0.4) is 0 Å². The number of aliphatic hydroxyl groups excluding tert-OH is 1. The van der Waals surface area contributed by atoms with E-state index in [0.29, 0.717) is 11.3 Å². The topological polar surface area (TPSA) is 81.2 Å². The number of hydrogen-bond acceptors (Lipinski definition) is 4. The second kappa shape index (κ2) is 5.83. The Bertz CT molecular complexity index is 620. The number of nitro benzene ring substituents is 1. The molecule has 0 aliphatic rings. The number of aryl methyl sites for hydroxylation is 1. The van der Waals surface area contributed by atoms with Crippen LogP contribution < -0.4 is 0 Å². The summed E-state index contributed by atoms with van der Waals surface area (Å²) in [5.41, 5.74) is 0.969. The van der Waals surface area contributed by atoms with Crippen LogP contribution >= 0.6 is 0 Å². The first-order valence-electron chi connectivity index (χ1n) is 6.53. The van der Waals surface area contributed by atoms with Crippen LogP contribution in [0.2, 0.25) is 0 Å². The van der Waals surface area contributed by atoms with Crippen molar-refractivity contribution in [3.8, 4) is 5.69 Å². The standard InChI is InChI=1S/C14H17N3O3/c1-3-4-14-15-7-8-16(14)12-6-5-11(10(2)18)9-13(12)17(19)20/h5-10,18H,3-4H2,1-2H3. The zero-order chi connectivity index (χ0) is 14.7. The van der Waals surface area contributed by atoms with E-state index in [9.17, 15) is 15.2 Å². The van der Waals surface area contributed by atoms with Crippen LogP contribution in [-0.4, -0.2) is 19.6 Å². The zero-order valence-corrected chi connectivity index (χ0v) is 11.5. The summed E-state index contributed by atoms with van der Waals surface area (Å²) < 4.78 is 1.73. The molecule has 0 saturated heterocycles. The fourth-order valence-electron chi connectivity index (χ4n) is 2.11. The maximum Gasteiger partial charge on any atom is 0.293 e. The second-order valence-corrected chi connectivity index (χ2v) is 4.64. The van der Waals surface area contributed by atoms with Crippen LogP contribution in [0.15, 0.2) is 30.6 Å². The molecule has 2 rings (SSSR count). The van der Waals surface area contributed by atoms with Gasteiger partial charge in [0, 0.05) is 24.9 Å². The molecule has 0 amide bonds. The number of hydrogen-bond donors (Lipinski definition) is 1. The summed E-state index contributed by atoms with van der Waals surface area (Å²) in [5.74, 6) is 0.792. The molecule has 0 aliphatic carbocycles. The number of nitrogens with zero attached hydrogens (tertiary/aromatic N) is 3. The van der Waals surface area contributed by atoms with Crippen LogP contribution in [-0.2, 0) is 6.42 Å². The number of aromatic nitrogens is 2. The monoisotopic (exact) mass is 275 g/mol. The Labute approximate surface area is 116 Å². The minimum atomic E-state index is -0.736. The van der Waals surface area contributed by atoms with E-state index in [4.69, 9.17) is 0 Å². The average Bonchev–Trinajstić information content (AvgIpc) is 2.86. The summed E-state index contributed by atoms with van der Waals surface area (Å²) in [6.45, 7) is 3.61. The summed E-state index contributed by atoms with van der Waals surface area (Å²) in [7, 11) is 0. The van der Waals surface area contributed by atoms with E-state index in [1.807, 2.05) is 6.92 Å². The molecule has 1 aromatic heterocycles. The molecule has 1 N–H and O–H groups in total. The SMILES string of the molecule is CCCc1nccn1-c1ccc(C(C)O)cc1[N+](=O)[O-]. The van der Waals surface area contributed by atoms with Gasteiger partial charge in [0.25, 0.3) is 5.69 Å². The van der Waals surface area contributed by atoms with Gasteiger partial charge in [0.1, 0.15) is 11.5 Å². The second-order valence-electron chi connectivity index (χ2n) is 4.64. The number of imidazole rings is 1. The molecule has 0 radical (unpaired) electrons. The molecule has 1 heterocycles. The van der Waals surface area contributed by atoms with Gasteiger partial charge in [0.2, 0.25) is 0 Å². The lowest BCUT2D eigenvalue weighted by molar-refractivity contribution is -0.384. The molecule has 0 spiro atoms. The van der Waals surface area contributed by atoms with Gasteiger partial charge in [-0.15, -0.1) is 0 Å². The molecule has 1 unspecified atom stereocenters. The third kappa shape index (κ3) is 2.70. The van der Waals surface area contributed by atoms with Crippen molar-refractivity contribution in [1.29, 1.82) is 0 Å². The van der Waals surface area contributed by atoms with Crippen LogP contribution in [0.4, 0.5) is 5.69 Å². The number of aliphatic hydroxyl groups is 1. The van der Waals surface area contributed by atoms with E-state index in [1.165, 1.54) is 6.07 Å². The molecule has 0 aliphatic heterocycles. The minimum absolute atomic E-state index is 0.0289. The normalized spacial score (nSPS) is 12.3. The summed E-state index contributed by atoms with van der Waals surface area (Å²) in [4.78, 5) is 15.0. The number of benzene rings is 1. The first kappa shape index (κ1) is 14.2. The fourth-order valence-corrected chi connectivity index (χ4v) is 2.11. The third-order valence-electron chi connectivity index (χ3n) is 3.13. The summed E-state index contributed by atoms with van der Waals surface area (Å²) in [5, 5.41) is 20.8. The first-order chi connectivity index (χ1) is 9.54. The van der Waals surface area contributed by atoms with Crippen LogP contribution in [0.5, 0.6) is 0 Å². The molecule has 0 saturated carbocycles. The lowest BCUT2D eigenvalue weighted by Crippen LogP contribution is -2.05. The van der Waals surface area contributed by atoms with Crippen LogP contribution in [0.25, 0.3) is 5.69 Å². The predicted octanol–water partition coefficient (Wildman–Crippen LogP) is 2.79. The Balaban J connectivity index is 2.55. The third-order valence-corrected chi connectivity index (χ3v) is 3.13. The first-order valence-corrected chi connectivity index (χ1v) is 6.53. The van der Waals surface area contributed by atoms with Gasteiger partial charge in [-0.05, 0) is 25.0 Å². The quantitative estimate of drug-likeness (QED) is 0.672. The molecule has 20 heavy (non-hydrogen) atoms. The average molecular weight is 275 g/mol. The maximum absolute atomic E-state index is 11.3. The summed E-state index contributed by atoms with van der Waals surface area (Å²) in [6.07, 6.45) is 4.28. The predicted molar refractivity (Wildman–Crippen MR) is 74.8 cm³/mol. The largest absolute Gasteiger partial charge is 0.389 e. The van der Waals surface area contributed by atoms with Crippen molar-refractivity contribution in [3.05, 3.63) is 52.1 Å². The number of nitro groups is 1. The van der Waals surface area contributed by atoms with E-state index in [-0.39, 0.29) is 5.69 Å². The highest BCUT2D eigenvalue weighted by atomic mass is 16.6. The number of rotatable bonds is 5. The van der Waals surface area contributed by atoms with Gasteiger partial charge in [-0.2, -0.15) is 0 Å². The maximum atomic E-state index is 11.3. The molecular weight excluding hydrogens is 258 g/mol. The van der Waals surface area contributed by atoms with Gasteiger partial charge in [-0.1, -0.05) is 13.0 Å². The van der Waals surface area contributed by atoms with Crippen molar-refractivity contribution < 1.29 is 10.0 Å². The zero-order valence-electron chi connectivity index (χ0n) is 11.5. The van der Waals surface area contributed by atoms with Gasteiger partial charge >= 0.3 is 0 Å². The van der Waals surface area contributed by atoms with Gasteiger partial charge in [0.05, 0.1) is 11.0 Å². The van der Waals surface area contributed by atoms with Gasteiger partial charge in [-0.3, -0.25) is 14.7 Å². The Morgan fingerprint density at radius 3 is 2.85 bits per heavy atom.